The van der Waals surface area contributed by atoms with Crippen molar-refractivity contribution in [2.24, 2.45) is 0 Å². The third-order valence-electron chi connectivity index (χ3n) is 2.68. The lowest BCUT2D eigenvalue weighted by Gasteiger charge is -2.03. The Morgan fingerprint density at radius 2 is 2.10 bits per heavy atom. The molecule has 0 fully saturated rings. The van der Waals surface area contributed by atoms with Gasteiger partial charge in [-0.2, -0.15) is 0 Å². The number of nitrogens with one attached hydrogen (secondary N) is 1. The summed E-state index contributed by atoms with van der Waals surface area (Å²) in [6.07, 6.45) is 1.58. The Morgan fingerprint density at radius 3 is 2.75 bits per heavy atom. The maximum absolute atomic E-state index is 12.0. The summed E-state index contributed by atoms with van der Waals surface area (Å²) < 4.78 is 10.4. The first-order valence-electron chi connectivity index (χ1n) is 5.80. The number of carbonyl (C=O) groups is 1. The second kappa shape index (κ2) is 5.64. The fourth-order valence-electron chi connectivity index (χ4n) is 1.48. The lowest BCUT2D eigenvalue weighted by atomic mass is 10.2. The van der Waals surface area contributed by atoms with Gasteiger partial charge in [0.1, 0.15) is 5.75 Å². The first-order chi connectivity index (χ1) is 9.44. The minimum absolute atomic E-state index is 0.0859. The molecule has 0 saturated heterocycles. The summed E-state index contributed by atoms with van der Waals surface area (Å²) in [6.45, 7) is 3.60. The van der Waals surface area contributed by atoms with Gasteiger partial charge in [0.2, 0.25) is 0 Å². The van der Waals surface area contributed by atoms with Crippen molar-refractivity contribution < 1.29 is 14.1 Å². The SMILES string of the molecule is CC(C)([S+]=O)c1cnc(NC(=O)c2ccccc2O)s1. The molecule has 2 rings (SSSR count). The van der Waals surface area contributed by atoms with Crippen molar-refractivity contribution in [3.63, 3.8) is 0 Å². The molecule has 0 spiro atoms. The normalized spacial score (nSPS) is 11.1. The van der Waals surface area contributed by atoms with E-state index in [0.717, 1.165) is 4.88 Å². The monoisotopic (exact) mass is 309 g/mol. The van der Waals surface area contributed by atoms with E-state index < -0.39 is 10.7 Å². The summed E-state index contributed by atoms with van der Waals surface area (Å²) >= 11 is 1.73. The molecule has 20 heavy (non-hydrogen) atoms. The van der Waals surface area contributed by atoms with E-state index in [1.54, 1.807) is 32.2 Å². The van der Waals surface area contributed by atoms with Gasteiger partial charge in [-0.3, -0.25) is 10.1 Å². The summed E-state index contributed by atoms with van der Waals surface area (Å²) in [4.78, 5) is 16.9. The molecule has 0 aliphatic heterocycles. The van der Waals surface area contributed by atoms with Gasteiger partial charge in [-0.05, 0) is 12.1 Å². The lowest BCUT2D eigenvalue weighted by molar-refractivity contribution is 0.102. The highest BCUT2D eigenvalue weighted by molar-refractivity contribution is 7.67. The van der Waals surface area contributed by atoms with Crippen LogP contribution in [0.5, 0.6) is 5.75 Å². The van der Waals surface area contributed by atoms with Crippen LogP contribution in [0.1, 0.15) is 29.1 Å². The molecule has 1 aromatic carbocycles. The zero-order chi connectivity index (χ0) is 14.8. The third-order valence-corrected chi connectivity index (χ3v) is 4.68. The second-order valence-corrected chi connectivity index (χ2v) is 6.81. The molecule has 1 heterocycles. The first-order valence-corrected chi connectivity index (χ1v) is 7.36. The van der Waals surface area contributed by atoms with Crippen LogP contribution in [0.2, 0.25) is 0 Å². The lowest BCUT2D eigenvalue weighted by Crippen LogP contribution is -2.12. The van der Waals surface area contributed by atoms with Crippen molar-refractivity contribution in [2.45, 2.75) is 18.6 Å². The van der Waals surface area contributed by atoms with Crippen LogP contribution in [0.4, 0.5) is 5.13 Å². The molecule has 0 unspecified atom stereocenters. The molecule has 2 N–H and O–H groups in total. The van der Waals surface area contributed by atoms with Crippen molar-refractivity contribution in [3.05, 3.63) is 40.9 Å². The minimum Gasteiger partial charge on any atom is -0.507 e. The average molecular weight is 309 g/mol. The fourth-order valence-corrected chi connectivity index (χ4v) is 2.65. The van der Waals surface area contributed by atoms with Crippen molar-refractivity contribution >= 4 is 34.0 Å². The number of aromatic nitrogens is 1. The van der Waals surface area contributed by atoms with Gasteiger partial charge in [-0.15, -0.1) is 0 Å². The Labute approximate surface area is 124 Å². The Morgan fingerprint density at radius 1 is 1.40 bits per heavy atom. The Balaban J connectivity index is 2.18. The number of carbonyl (C=O) groups excluding carboxylic acids is 1. The average Bonchev–Trinajstić information content (AvgIpc) is 2.88. The van der Waals surface area contributed by atoms with E-state index in [4.69, 9.17) is 0 Å². The topological polar surface area (TPSA) is 79.3 Å². The zero-order valence-electron chi connectivity index (χ0n) is 10.9. The Hall–Kier alpha value is -1.86. The molecule has 7 heteroatoms. The van der Waals surface area contributed by atoms with E-state index in [1.165, 1.54) is 23.5 Å². The quantitative estimate of drug-likeness (QED) is 0.851. The number of hydrogen-bond acceptors (Lipinski definition) is 5. The van der Waals surface area contributed by atoms with Crippen LogP contribution in [0, 0.1) is 0 Å². The molecule has 0 saturated carbocycles. The van der Waals surface area contributed by atoms with E-state index in [9.17, 15) is 14.1 Å². The van der Waals surface area contributed by atoms with Crippen LogP contribution in [-0.2, 0) is 20.6 Å². The zero-order valence-corrected chi connectivity index (χ0v) is 12.5. The van der Waals surface area contributed by atoms with Gasteiger partial charge in [-0.25, -0.2) is 4.98 Å². The standard InChI is InChI=1S/C13H12N2O3S2/c1-13(2,20-18)10-7-14-12(19-10)15-11(17)8-5-3-4-6-9(8)16/h3-7H,1-2H3,(H-,14,15,16,17)/p+1. The predicted octanol–water partition coefficient (Wildman–Crippen LogP) is 2.76. The van der Waals surface area contributed by atoms with Gasteiger partial charge in [-0.1, -0.05) is 23.5 Å². The van der Waals surface area contributed by atoms with E-state index in [0.29, 0.717) is 16.8 Å². The number of para-hydroxylation sites is 1. The number of rotatable bonds is 4. The van der Waals surface area contributed by atoms with Gasteiger partial charge >= 0.3 is 11.7 Å². The predicted molar refractivity (Wildman–Crippen MR) is 79.3 cm³/mol. The molecule has 2 aromatic rings. The van der Waals surface area contributed by atoms with Crippen LogP contribution in [0.3, 0.4) is 0 Å². The number of nitrogens with zero attached hydrogens (tertiary/aromatic N) is 1. The van der Waals surface area contributed by atoms with Crippen LogP contribution in [0.15, 0.2) is 30.5 Å². The Kier molecular flexibility index (Phi) is 4.10. The number of thiazole rings is 1. The number of aromatic hydroxyl groups is 1. The van der Waals surface area contributed by atoms with Gasteiger partial charge < -0.3 is 5.11 Å². The van der Waals surface area contributed by atoms with E-state index in [1.807, 2.05) is 0 Å². The highest BCUT2D eigenvalue weighted by Gasteiger charge is 2.37. The molecule has 1 amide bonds. The smallest absolute Gasteiger partial charge is 0.470 e. The fraction of sp³-hybridized carbons (Fsp3) is 0.231. The third kappa shape index (κ3) is 3.00. The molecule has 0 atom stereocenters. The van der Waals surface area contributed by atoms with Gasteiger partial charge in [0.15, 0.2) is 5.13 Å². The largest absolute Gasteiger partial charge is 0.507 e. The highest BCUT2D eigenvalue weighted by Crippen LogP contribution is 2.30. The molecule has 1 aromatic heterocycles. The van der Waals surface area contributed by atoms with Crippen LogP contribution >= 0.6 is 11.3 Å². The molecule has 0 aliphatic carbocycles. The Bertz CT molecular complexity index is 653. The highest BCUT2D eigenvalue weighted by atomic mass is 32.1. The number of phenolic OH excluding ortho intramolecular Hbond substituents is 1. The molecule has 0 aliphatic rings. The first kappa shape index (κ1) is 14.5. The number of phenols is 1. The van der Waals surface area contributed by atoms with Crippen molar-refractivity contribution in [2.75, 3.05) is 5.32 Å². The minimum atomic E-state index is -0.588. The van der Waals surface area contributed by atoms with Crippen molar-refractivity contribution in [1.29, 1.82) is 0 Å². The van der Waals surface area contributed by atoms with Crippen molar-refractivity contribution in [1.82, 2.24) is 4.98 Å². The summed E-state index contributed by atoms with van der Waals surface area (Å²) in [5, 5.41) is 12.6. The van der Waals surface area contributed by atoms with E-state index in [-0.39, 0.29) is 11.3 Å². The number of hydrogen-bond donors (Lipinski definition) is 2. The number of anilines is 1. The van der Waals surface area contributed by atoms with Crippen LogP contribution in [0.25, 0.3) is 0 Å². The van der Waals surface area contributed by atoms with Crippen molar-refractivity contribution in [3.8, 4) is 5.75 Å². The van der Waals surface area contributed by atoms with Gasteiger partial charge in [0.25, 0.3) is 10.7 Å². The molecule has 0 radical (unpaired) electrons. The van der Waals surface area contributed by atoms with Crippen LogP contribution < -0.4 is 5.32 Å². The second-order valence-electron chi connectivity index (χ2n) is 4.59. The van der Waals surface area contributed by atoms with E-state index in [2.05, 4.69) is 10.3 Å². The maximum atomic E-state index is 12.0. The molecule has 0 bridgehead atoms. The maximum Gasteiger partial charge on any atom is 0.470 e. The molecular weight excluding hydrogens is 296 g/mol. The summed E-state index contributed by atoms with van der Waals surface area (Å²) in [6, 6.07) is 6.27. The number of benzene rings is 1. The number of amides is 1. The molecule has 104 valence electrons. The van der Waals surface area contributed by atoms with E-state index >= 15 is 0 Å². The van der Waals surface area contributed by atoms with Gasteiger partial charge in [0.05, 0.1) is 10.4 Å². The molecular formula is C13H13N2O3S2+. The summed E-state index contributed by atoms with van der Waals surface area (Å²) in [7, 11) is 0. The molecule has 5 nitrogen and oxygen atoms in total. The summed E-state index contributed by atoms with van der Waals surface area (Å²) in [5.41, 5.74) is 0.182. The van der Waals surface area contributed by atoms with Gasteiger partial charge in [0, 0.05) is 24.3 Å². The van der Waals surface area contributed by atoms with Crippen LogP contribution in [-0.4, -0.2) is 16.0 Å². The summed E-state index contributed by atoms with van der Waals surface area (Å²) in [5.74, 6) is -0.520.